The van der Waals surface area contributed by atoms with Crippen LogP contribution in [0.1, 0.15) is 6.92 Å². The van der Waals surface area contributed by atoms with E-state index in [1.807, 2.05) is 19.1 Å². The highest BCUT2D eigenvalue weighted by Gasteiger charge is 2.12. The van der Waals surface area contributed by atoms with E-state index < -0.39 is 10.1 Å². The monoisotopic (exact) mass is 263 g/mol. The maximum absolute atomic E-state index is 10.9. The minimum atomic E-state index is -3.57. The molecule has 1 aromatic heterocycles. The van der Waals surface area contributed by atoms with Crippen molar-refractivity contribution in [1.82, 2.24) is 14.8 Å². The summed E-state index contributed by atoms with van der Waals surface area (Å²) in [6, 6.07) is -0.145. The molecule has 0 fully saturated rings. The number of aryl methyl sites for hydroxylation is 1. The Hall–Kier alpha value is -1.02. The molecule has 0 unspecified atom stereocenters. The van der Waals surface area contributed by atoms with Gasteiger partial charge in [-0.1, -0.05) is 23.9 Å². The molecule has 0 aromatic carbocycles. The molecule has 90 valence electrons. The fraction of sp³-hybridized carbons (Fsp3) is 0.500. The Morgan fingerprint density at radius 1 is 1.56 bits per heavy atom. The average Bonchev–Trinajstić information content (AvgIpc) is 2.44. The minimum Gasteiger partial charge on any atom is -0.342 e. The Morgan fingerprint density at radius 3 is 2.81 bits per heavy atom. The van der Waals surface area contributed by atoms with Crippen LogP contribution in [0.3, 0.4) is 0 Å². The summed E-state index contributed by atoms with van der Waals surface area (Å²) in [6.07, 6.45) is 4.85. The molecule has 16 heavy (non-hydrogen) atoms. The van der Waals surface area contributed by atoms with E-state index in [1.54, 1.807) is 7.05 Å². The van der Waals surface area contributed by atoms with Crippen molar-refractivity contribution in [2.24, 2.45) is 7.05 Å². The van der Waals surface area contributed by atoms with Crippen LogP contribution in [0.25, 0.3) is 0 Å². The Bertz CT molecular complexity index is 479. The normalized spacial score (nSPS) is 12.2. The molecular formula is C8H13N3O3S2. The molecule has 6 nitrogen and oxygen atoms in total. The second kappa shape index (κ2) is 5.35. The fourth-order valence-corrected chi connectivity index (χ4v) is 2.01. The van der Waals surface area contributed by atoms with E-state index in [0.717, 1.165) is 12.0 Å². The summed E-state index contributed by atoms with van der Waals surface area (Å²) in [5.74, 6) is 0.751. The zero-order valence-corrected chi connectivity index (χ0v) is 10.9. The van der Waals surface area contributed by atoms with Gasteiger partial charge in [0, 0.05) is 12.8 Å². The quantitative estimate of drug-likeness (QED) is 0.445. The average molecular weight is 263 g/mol. The lowest BCUT2D eigenvalue weighted by Crippen LogP contribution is -2.07. The van der Waals surface area contributed by atoms with Crippen LogP contribution in [0.15, 0.2) is 17.3 Å². The molecule has 1 heterocycles. The van der Waals surface area contributed by atoms with Crippen LogP contribution >= 0.6 is 11.8 Å². The zero-order chi connectivity index (χ0) is 12.2. The molecule has 0 radical (unpaired) electrons. The van der Waals surface area contributed by atoms with Crippen molar-refractivity contribution >= 4 is 21.9 Å². The first-order valence-electron chi connectivity index (χ1n) is 4.47. The predicted molar refractivity (Wildman–Crippen MR) is 62.0 cm³/mol. The van der Waals surface area contributed by atoms with E-state index in [0.29, 0.717) is 5.16 Å². The van der Waals surface area contributed by atoms with Crippen LogP contribution in [-0.4, -0.2) is 35.2 Å². The SMILES string of the molecule is C/C=C/CSc1nc(OS(C)(=O)=O)nn1C. The van der Waals surface area contributed by atoms with Crippen molar-refractivity contribution in [3.05, 3.63) is 12.2 Å². The van der Waals surface area contributed by atoms with Gasteiger partial charge in [-0.05, 0) is 6.92 Å². The maximum Gasteiger partial charge on any atom is 0.352 e. The lowest BCUT2D eigenvalue weighted by Gasteiger charge is -1.93. The van der Waals surface area contributed by atoms with Gasteiger partial charge in [0.15, 0.2) is 5.16 Å². The number of hydrogen-bond acceptors (Lipinski definition) is 6. The Balaban J connectivity index is 2.74. The number of nitrogens with zero attached hydrogens (tertiary/aromatic N) is 3. The van der Waals surface area contributed by atoms with Crippen molar-refractivity contribution in [3.63, 3.8) is 0 Å². The topological polar surface area (TPSA) is 74.1 Å². The van der Waals surface area contributed by atoms with Crippen molar-refractivity contribution in [2.45, 2.75) is 12.1 Å². The van der Waals surface area contributed by atoms with Crippen LogP contribution in [-0.2, 0) is 17.2 Å². The van der Waals surface area contributed by atoms with E-state index >= 15 is 0 Å². The molecular weight excluding hydrogens is 250 g/mol. The fourth-order valence-electron chi connectivity index (χ4n) is 0.863. The van der Waals surface area contributed by atoms with Gasteiger partial charge in [-0.25, -0.2) is 4.68 Å². The summed E-state index contributed by atoms with van der Waals surface area (Å²) in [5.41, 5.74) is 0. The number of aromatic nitrogens is 3. The number of rotatable bonds is 5. The van der Waals surface area contributed by atoms with E-state index in [2.05, 4.69) is 14.3 Å². The summed E-state index contributed by atoms with van der Waals surface area (Å²) in [6.45, 7) is 1.93. The van der Waals surface area contributed by atoms with Crippen molar-refractivity contribution in [3.8, 4) is 6.01 Å². The van der Waals surface area contributed by atoms with Gasteiger partial charge in [-0.15, -0.1) is 5.10 Å². The highest BCUT2D eigenvalue weighted by Crippen LogP contribution is 2.18. The van der Waals surface area contributed by atoms with Crippen LogP contribution in [0, 0.1) is 0 Å². The molecule has 1 aromatic rings. The van der Waals surface area contributed by atoms with Crippen LogP contribution in [0.5, 0.6) is 6.01 Å². The number of hydrogen-bond donors (Lipinski definition) is 0. The largest absolute Gasteiger partial charge is 0.352 e. The molecule has 0 bridgehead atoms. The van der Waals surface area contributed by atoms with Gasteiger partial charge in [-0.3, -0.25) is 0 Å². The first-order chi connectivity index (χ1) is 7.42. The second-order valence-corrected chi connectivity index (χ2v) is 5.53. The third kappa shape index (κ3) is 4.23. The van der Waals surface area contributed by atoms with Gasteiger partial charge in [0.2, 0.25) is 0 Å². The molecule has 0 aliphatic heterocycles. The second-order valence-electron chi connectivity index (χ2n) is 2.97. The minimum absolute atomic E-state index is 0.145. The lowest BCUT2D eigenvalue weighted by atomic mass is 10.6. The third-order valence-corrected chi connectivity index (χ3v) is 2.90. The first-order valence-corrected chi connectivity index (χ1v) is 7.27. The Kier molecular flexibility index (Phi) is 4.36. The standard InChI is InChI=1S/C8H13N3O3S2/c1-4-5-6-15-8-9-7(10-11(8)2)14-16(3,12)13/h4-5H,6H2,1-3H3/b5-4+. The summed E-state index contributed by atoms with van der Waals surface area (Å²) in [4.78, 5) is 3.95. The lowest BCUT2D eigenvalue weighted by molar-refractivity contribution is 0.468. The van der Waals surface area contributed by atoms with Crippen molar-refractivity contribution in [2.75, 3.05) is 12.0 Å². The third-order valence-electron chi connectivity index (χ3n) is 1.47. The Labute approximate surface area is 98.8 Å². The first kappa shape index (κ1) is 13.0. The van der Waals surface area contributed by atoms with Gasteiger partial charge in [0.1, 0.15) is 0 Å². The van der Waals surface area contributed by atoms with E-state index in [9.17, 15) is 8.42 Å². The van der Waals surface area contributed by atoms with E-state index in [1.165, 1.54) is 16.4 Å². The molecule has 0 amide bonds. The highest BCUT2D eigenvalue weighted by atomic mass is 32.2. The molecule has 0 saturated carbocycles. The molecule has 0 spiro atoms. The number of allylic oxidation sites excluding steroid dienone is 1. The van der Waals surface area contributed by atoms with Gasteiger partial charge < -0.3 is 4.18 Å². The van der Waals surface area contributed by atoms with Crippen LogP contribution in [0.2, 0.25) is 0 Å². The van der Waals surface area contributed by atoms with Gasteiger partial charge in [0.25, 0.3) is 0 Å². The molecule has 8 heteroatoms. The Morgan fingerprint density at radius 2 is 2.25 bits per heavy atom. The van der Waals surface area contributed by atoms with E-state index in [-0.39, 0.29) is 6.01 Å². The smallest absolute Gasteiger partial charge is 0.342 e. The van der Waals surface area contributed by atoms with Crippen LogP contribution < -0.4 is 4.18 Å². The zero-order valence-electron chi connectivity index (χ0n) is 9.24. The summed E-state index contributed by atoms with van der Waals surface area (Å²) in [7, 11) is -1.89. The molecule has 0 N–H and O–H groups in total. The van der Waals surface area contributed by atoms with Crippen LogP contribution in [0.4, 0.5) is 0 Å². The summed E-state index contributed by atoms with van der Waals surface area (Å²) < 4.78 is 27.8. The number of thioether (sulfide) groups is 1. The summed E-state index contributed by atoms with van der Waals surface area (Å²) >= 11 is 1.45. The van der Waals surface area contributed by atoms with E-state index in [4.69, 9.17) is 0 Å². The van der Waals surface area contributed by atoms with Crippen molar-refractivity contribution < 1.29 is 12.6 Å². The maximum atomic E-state index is 10.9. The molecule has 0 aliphatic carbocycles. The summed E-state index contributed by atoms with van der Waals surface area (Å²) in [5, 5.41) is 4.44. The molecule has 0 aliphatic rings. The van der Waals surface area contributed by atoms with Crippen molar-refractivity contribution in [1.29, 1.82) is 0 Å². The van der Waals surface area contributed by atoms with Gasteiger partial charge in [0.05, 0.1) is 6.26 Å². The van der Waals surface area contributed by atoms with Gasteiger partial charge in [-0.2, -0.15) is 13.4 Å². The highest BCUT2D eigenvalue weighted by molar-refractivity contribution is 7.99. The molecule has 1 rings (SSSR count). The predicted octanol–water partition coefficient (Wildman–Crippen LogP) is 0.822. The molecule has 0 atom stereocenters. The molecule has 0 saturated heterocycles. The van der Waals surface area contributed by atoms with Gasteiger partial charge >= 0.3 is 16.1 Å².